The fourth-order valence-corrected chi connectivity index (χ4v) is 3.78. The lowest BCUT2D eigenvalue weighted by Gasteiger charge is -2.20. The zero-order valence-corrected chi connectivity index (χ0v) is 21.5. The van der Waals surface area contributed by atoms with Crippen LogP contribution in [-0.2, 0) is 11.2 Å². The molecule has 7 nitrogen and oxygen atoms in total. The number of hydrogen-bond donors (Lipinski definition) is 3. The average Bonchev–Trinajstić information content (AvgIpc) is 2.77. The molecule has 1 amide bonds. The summed E-state index contributed by atoms with van der Waals surface area (Å²) in [6.45, 7) is 4.73. The lowest BCUT2D eigenvalue weighted by molar-refractivity contribution is -0.122. The van der Waals surface area contributed by atoms with Crippen LogP contribution in [0.5, 0.6) is 11.5 Å². The molecule has 1 aliphatic carbocycles. The minimum Gasteiger partial charge on any atom is -0.493 e. The van der Waals surface area contributed by atoms with Crippen molar-refractivity contribution in [3.63, 3.8) is 0 Å². The molecule has 2 rings (SSSR count). The second-order valence-corrected chi connectivity index (χ2v) is 7.68. The fourth-order valence-electron chi connectivity index (χ4n) is 3.78. The van der Waals surface area contributed by atoms with E-state index in [4.69, 9.17) is 9.47 Å². The van der Waals surface area contributed by atoms with E-state index in [9.17, 15) is 4.79 Å². The minimum atomic E-state index is 0. The van der Waals surface area contributed by atoms with Crippen LogP contribution in [0.15, 0.2) is 23.2 Å². The Kier molecular flexibility index (Phi) is 14.1. The summed E-state index contributed by atoms with van der Waals surface area (Å²) in [5.41, 5.74) is 1.14. The molecular weight excluding hydrogens is 507 g/mol. The Hall–Kier alpha value is -1.71. The summed E-state index contributed by atoms with van der Waals surface area (Å²) in [6.07, 6.45) is 7.72. The highest BCUT2D eigenvalue weighted by Gasteiger charge is 2.16. The molecule has 1 fully saturated rings. The van der Waals surface area contributed by atoms with Gasteiger partial charge >= 0.3 is 0 Å². The Bertz CT molecular complexity index is 679. The molecule has 0 atom stereocenters. The molecule has 1 saturated carbocycles. The summed E-state index contributed by atoms with van der Waals surface area (Å²) < 4.78 is 10.6. The molecule has 3 N–H and O–H groups in total. The molecule has 1 aromatic rings. The van der Waals surface area contributed by atoms with Gasteiger partial charge in [-0.3, -0.25) is 9.79 Å². The Morgan fingerprint density at radius 1 is 1.03 bits per heavy atom. The number of carbonyl (C=O) groups excluding carboxylic acids is 1. The van der Waals surface area contributed by atoms with E-state index in [0.29, 0.717) is 32.0 Å². The number of guanidine groups is 1. The lowest BCUT2D eigenvalue weighted by atomic mass is 9.87. The molecule has 1 aliphatic rings. The first-order chi connectivity index (χ1) is 14.7. The van der Waals surface area contributed by atoms with Crippen molar-refractivity contribution >= 4 is 35.8 Å². The van der Waals surface area contributed by atoms with Crippen LogP contribution in [0.25, 0.3) is 0 Å². The monoisotopic (exact) mass is 546 g/mol. The number of amides is 1. The van der Waals surface area contributed by atoms with E-state index in [1.54, 1.807) is 14.2 Å². The quantitative estimate of drug-likeness (QED) is 0.171. The molecule has 0 aromatic heterocycles. The van der Waals surface area contributed by atoms with E-state index in [1.807, 2.05) is 25.1 Å². The number of methoxy groups -OCH3 is 2. The minimum absolute atomic E-state index is 0. The van der Waals surface area contributed by atoms with Crippen molar-refractivity contribution in [2.24, 2.45) is 10.9 Å². The lowest BCUT2D eigenvalue weighted by Crippen LogP contribution is -2.41. The maximum Gasteiger partial charge on any atom is 0.220 e. The van der Waals surface area contributed by atoms with Crippen LogP contribution in [0, 0.1) is 5.92 Å². The average molecular weight is 546 g/mol. The van der Waals surface area contributed by atoms with Crippen LogP contribution >= 0.6 is 24.0 Å². The van der Waals surface area contributed by atoms with E-state index >= 15 is 0 Å². The van der Waals surface area contributed by atoms with Crippen LogP contribution in [0.2, 0.25) is 0 Å². The third-order valence-corrected chi connectivity index (χ3v) is 5.40. The Labute approximate surface area is 204 Å². The number of rotatable bonds is 11. The molecule has 31 heavy (non-hydrogen) atoms. The van der Waals surface area contributed by atoms with Gasteiger partial charge in [0.05, 0.1) is 14.2 Å². The number of halogens is 1. The van der Waals surface area contributed by atoms with Gasteiger partial charge in [0.2, 0.25) is 5.91 Å². The molecule has 0 aliphatic heterocycles. The summed E-state index contributed by atoms with van der Waals surface area (Å²) in [5.74, 6) is 2.96. The van der Waals surface area contributed by atoms with Crippen molar-refractivity contribution < 1.29 is 14.3 Å². The summed E-state index contributed by atoms with van der Waals surface area (Å²) in [5, 5.41) is 9.55. The van der Waals surface area contributed by atoms with Gasteiger partial charge in [-0.15, -0.1) is 24.0 Å². The van der Waals surface area contributed by atoms with Gasteiger partial charge in [-0.2, -0.15) is 0 Å². The molecule has 176 valence electrons. The number of nitrogens with one attached hydrogen (secondary N) is 3. The predicted molar refractivity (Wildman–Crippen MR) is 137 cm³/mol. The topological polar surface area (TPSA) is 84.0 Å². The molecule has 8 heteroatoms. The first kappa shape index (κ1) is 27.3. The SMILES string of the molecule is CCNC(=NCCc1ccc(OC)c(OC)c1)NCCNC(=O)CC1CCCCC1.I. The highest BCUT2D eigenvalue weighted by molar-refractivity contribution is 14.0. The second-order valence-electron chi connectivity index (χ2n) is 7.68. The highest BCUT2D eigenvalue weighted by atomic mass is 127. The molecule has 0 heterocycles. The van der Waals surface area contributed by atoms with Gasteiger partial charge in [-0.1, -0.05) is 25.3 Å². The van der Waals surface area contributed by atoms with E-state index in [2.05, 4.69) is 20.9 Å². The zero-order chi connectivity index (χ0) is 21.6. The van der Waals surface area contributed by atoms with Gasteiger partial charge in [0.1, 0.15) is 0 Å². The standard InChI is InChI=1S/C23H38N4O3.HI/c1-4-24-23(26-13-12-19-10-11-20(29-2)21(16-19)30-3)27-15-14-25-22(28)17-18-8-6-5-7-9-18;/h10-11,16,18H,4-9,12-15,17H2,1-3H3,(H,25,28)(H2,24,26,27);1H. The fraction of sp³-hybridized carbons (Fsp3) is 0.652. The summed E-state index contributed by atoms with van der Waals surface area (Å²) in [4.78, 5) is 16.7. The van der Waals surface area contributed by atoms with Crippen molar-refractivity contribution in [1.82, 2.24) is 16.0 Å². The van der Waals surface area contributed by atoms with Gasteiger partial charge in [-0.05, 0) is 49.8 Å². The molecule has 0 unspecified atom stereocenters. The molecule has 0 radical (unpaired) electrons. The van der Waals surface area contributed by atoms with Crippen molar-refractivity contribution in [1.29, 1.82) is 0 Å². The molecule has 1 aromatic carbocycles. The predicted octanol–water partition coefficient (Wildman–Crippen LogP) is 3.51. The van der Waals surface area contributed by atoms with Crippen LogP contribution in [0.3, 0.4) is 0 Å². The van der Waals surface area contributed by atoms with Gasteiger partial charge in [0.15, 0.2) is 17.5 Å². The number of ether oxygens (including phenoxy) is 2. The normalized spacial score (nSPS) is 14.4. The number of benzene rings is 1. The van der Waals surface area contributed by atoms with Gasteiger partial charge in [0, 0.05) is 32.6 Å². The maximum atomic E-state index is 12.1. The van der Waals surface area contributed by atoms with E-state index in [1.165, 1.54) is 32.1 Å². The Morgan fingerprint density at radius 3 is 2.42 bits per heavy atom. The first-order valence-electron chi connectivity index (χ1n) is 11.2. The van der Waals surface area contributed by atoms with Crippen LogP contribution in [0.4, 0.5) is 0 Å². The summed E-state index contributed by atoms with van der Waals surface area (Å²) in [6, 6.07) is 5.92. The van der Waals surface area contributed by atoms with E-state index in [-0.39, 0.29) is 29.9 Å². The number of carbonyl (C=O) groups is 1. The van der Waals surface area contributed by atoms with Crippen LogP contribution in [0.1, 0.15) is 51.0 Å². The molecule has 0 bridgehead atoms. The largest absolute Gasteiger partial charge is 0.493 e. The molecular formula is C23H39IN4O3. The highest BCUT2D eigenvalue weighted by Crippen LogP contribution is 2.27. The number of aliphatic imine (C=N–C) groups is 1. The third-order valence-electron chi connectivity index (χ3n) is 5.40. The van der Waals surface area contributed by atoms with E-state index < -0.39 is 0 Å². The summed E-state index contributed by atoms with van der Waals surface area (Å²) >= 11 is 0. The van der Waals surface area contributed by atoms with Gasteiger partial charge in [0.25, 0.3) is 0 Å². The zero-order valence-electron chi connectivity index (χ0n) is 19.2. The Balaban J connectivity index is 0.00000480. The van der Waals surface area contributed by atoms with Gasteiger partial charge < -0.3 is 25.4 Å². The molecule has 0 spiro atoms. The molecule has 0 saturated heterocycles. The van der Waals surface area contributed by atoms with Crippen molar-refractivity contribution in [3.05, 3.63) is 23.8 Å². The Morgan fingerprint density at radius 2 is 1.74 bits per heavy atom. The maximum absolute atomic E-state index is 12.1. The van der Waals surface area contributed by atoms with Gasteiger partial charge in [-0.25, -0.2) is 0 Å². The van der Waals surface area contributed by atoms with Crippen molar-refractivity contribution in [2.45, 2.75) is 51.9 Å². The smallest absolute Gasteiger partial charge is 0.220 e. The van der Waals surface area contributed by atoms with Crippen LogP contribution in [-0.4, -0.2) is 52.3 Å². The van der Waals surface area contributed by atoms with Crippen molar-refractivity contribution in [2.75, 3.05) is 40.4 Å². The van der Waals surface area contributed by atoms with Crippen molar-refractivity contribution in [3.8, 4) is 11.5 Å². The number of nitrogens with zero attached hydrogens (tertiary/aromatic N) is 1. The second kappa shape index (κ2) is 16.0. The first-order valence-corrected chi connectivity index (χ1v) is 11.2. The van der Waals surface area contributed by atoms with Crippen LogP contribution < -0.4 is 25.4 Å². The third kappa shape index (κ3) is 10.4. The summed E-state index contributed by atoms with van der Waals surface area (Å²) in [7, 11) is 3.27. The van der Waals surface area contributed by atoms with E-state index in [0.717, 1.165) is 36.0 Å². The number of hydrogen-bond acceptors (Lipinski definition) is 4.